The van der Waals surface area contributed by atoms with Gasteiger partial charge in [-0.3, -0.25) is 14.2 Å². The SMILES string of the molecule is Cc1ccc2c(c1)c(=O)n(-c1ccc(C)c(C)c1)c(=O)n2CC(=O)NCc1ccc(F)cc1. The molecule has 0 aliphatic rings. The van der Waals surface area contributed by atoms with Crippen LogP contribution in [0.1, 0.15) is 22.3 Å². The van der Waals surface area contributed by atoms with Gasteiger partial charge in [-0.05, 0) is 73.9 Å². The summed E-state index contributed by atoms with van der Waals surface area (Å²) >= 11 is 0. The number of hydrogen-bond acceptors (Lipinski definition) is 3. The van der Waals surface area contributed by atoms with E-state index in [0.29, 0.717) is 16.6 Å². The van der Waals surface area contributed by atoms with Gasteiger partial charge in [-0.15, -0.1) is 0 Å². The van der Waals surface area contributed by atoms with Crippen LogP contribution in [-0.2, 0) is 17.9 Å². The van der Waals surface area contributed by atoms with Gasteiger partial charge in [0.15, 0.2) is 0 Å². The van der Waals surface area contributed by atoms with Gasteiger partial charge < -0.3 is 5.32 Å². The van der Waals surface area contributed by atoms with E-state index < -0.39 is 17.2 Å². The first-order valence-electron chi connectivity index (χ1n) is 10.6. The van der Waals surface area contributed by atoms with E-state index in [2.05, 4.69) is 5.32 Å². The summed E-state index contributed by atoms with van der Waals surface area (Å²) in [5, 5.41) is 3.11. The van der Waals surface area contributed by atoms with Crippen LogP contribution in [0.2, 0.25) is 0 Å². The standard InChI is InChI=1S/C26H24FN3O3/c1-16-4-11-23-22(12-16)25(32)30(21-10-5-17(2)18(3)13-21)26(33)29(23)15-24(31)28-14-19-6-8-20(27)9-7-19/h4-13H,14-15H2,1-3H3,(H,28,31). The molecule has 33 heavy (non-hydrogen) atoms. The summed E-state index contributed by atoms with van der Waals surface area (Å²) in [5.74, 6) is -0.749. The smallest absolute Gasteiger partial charge is 0.336 e. The molecule has 1 heterocycles. The summed E-state index contributed by atoms with van der Waals surface area (Å²) in [6, 6.07) is 16.4. The largest absolute Gasteiger partial charge is 0.350 e. The molecule has 7 heteroatoms. The number of fused-ring (bicyclic) bond motifs is 1. The fraction of sp³-hybridized carbons (Fsp3) is 0.192. The van der Waals surface area contributed by atoms with Crippen LogP contribution in [0, 0.1) is 26.6 Å². The summed E-state index contributed by atoms with van der Waals surface area (Å²) in [6.45, 7) is 5.67. The van der Waals surface area contributed by atoms with E-state index in [1.54, 1.807) is 42.5 Å². The maximum absolute atomic E-state index is 13.4. The highest BCUT2D eigenvalue weighted by molar-refractivity contribution is 5.82. The summed E-state index contributed by atoms with van der Waals surface area (Å²) in [7, 11) is 0. The van der Waals surface area contributed by atoms with E-state index in [0.717, 1.165) is 26.8 Å². The molecule has 1 N–H and O–H groups in total. The molecular formula is C26H24FN3O3. The number of benzene rings is 3. The van der Waals surface area contributed by atoms with Gasteiger partial charge in [0.2, 0.25) is 5.91 Å². The molecule has 0 saturated heterocycles. The molecule has 0 atom stereocenters. The molecule has 0 radical (unpaired) electrons. The minimum absolute atomic E-state index is 0.196. The highest BCUT2D eigenvalue weighted by atomic mass is 19.1. The van der Waals surface area contributed by atoms with E-state index in [1.807, 2.05) is 26.8 Å². The highest BCUT2D eigenvalue weighted by Gasteiger charge is 2.17. The first-order valence-corrected chi connectivity index (χ1v) is 10.6. The Kier molecular flexibility index (Phi) is 5.96. The third kappa shape index (κ3) is 4.48. The Bertz CT molecular complexity index is 1480. The lowest BCUT2D eigenvalue weighted by Gasteiger charge is -2.15. The average molecular weight is 445 g/mol. The normalized spacial score (nSPS) is 11.0. The van der Waals surface area contributed by atoms with Crippen molar-refractivity contribution in [2.75, 3.05) is 0 Å². The second-order valence-electron chi connectivity index (χ2n) is 8.20. The predicted molar refractivity (Wildman–Crippen MR) is 126 cm³/mol. The second kappa shape index (κ2) is 8.86. The number of aryl methyl sites for hydroxylation is 3. The number of halogens is 1. The fourth-order valence-electron chi connectivity index (χ4n) is 3.74. The van der Waals surface area contributed by atoms with E-state index in [1.165, 1.54) is 16.7 Å². The van der Waals surface area contributed by atoms with Gasteiger partial charge in [0, 0.05) is 6.54 Å². The van der Waals surface area contributed by atoms with Crippen molar-refractivity contribution in [2.24, 2.45) is 0 Å². The van der Waals surface area contributed by atoms with E-state index >= 15 is 0 Å². The molecule has 0 aliphatic heterocycles. The van der Waals surface area contributed by atoms with E-state index in [9.17, 15) is 18.8 Å². The molecule has 0 fully saturated rings. The first-order chi connectivity index (χ1) is 15.7. The maximum Gasteiger partial charge on any atom is 0.336 e. The molecule has 168 valence electrons. The van der Waals surface area contributed by atoms with Crippen molar-refractivity contribution in [3.63, 3.8) is 0 Å². The molecule has 6 nitrogen and oxygen atoms in total. The van der Waals surface area contributed by atoms with Crippen molar-refractivity contribution < 1.29 is 9.18 Å². The summed E-state index contributed by atoms with van der Waals surface area (Å²) in [5.41, 5.74) is 3.44. The summed E-state index contributed by atoms with van der Waals surface area (Å²) < 4.78 is 15.5. The van der Waals surface area contributed by atoms with Crippen LogP contribution in [0.25, 0.3) is 16.6 Å². The number of carbonyl (C=O) groups excluding carboxylic acids is 1. The Morgan fingerprint density at radius 3 is 2.33 bits per heavy atom. The summed E-state index contributed by atoms with van der Waals surface area (Å²) in [6.07, 6.45) is 0. The second-order valence-corrected chi connectivity index (χ2v) is 8.20. The van der Waals surface area contributed by atoms with Crippen LogP contribution in [0.15, 0.2) is 70.3 Å². The molecule has 0 saturated carbocycles. The lowest BCUT2D eigenvalue weighted by atomic mass is 10.1. The van der Waals surface area contributed by atoms with E-state index in [-0.39, 0.29) is 18.9 Å². The predicted octanol–water partition coefficient (Wildman–Crippen LogP) is 3.53. The number of hydrogen-bond donors (Lipinski definition) is 1. The third-order valence-electron chi connectivity index (χ3n) is 5.75. The highest BCUT2D eigenvalue weighted by Crippen LogP contribution is 2.15. The van der Waals surface area contributed by atoms with Gasteiger partial charge in [0.05, 0.1) is 16.6 Å². The zero-order valence-corrected chi connectivity index (χ0v) is 18.7. The molecule has 0 aliphatic carbocycles. The number of amides is 1. The fourth-order valence-corrected chi connectivity index (χ4v) is 3.74. The number of aromatic nitrogens is 2. The molecule has 4 rings (SSSR count). The Morgan fingerprint density at radius 2 is 1.64 bits per heavy atom. The van der Waals surface area contributed by atoms with Gasteiger partial charge >= 0.3 is 5.69 Å². The van der Waals surface area contributed by atoms with Gasteiger partial charge in [-0.1, -0.05) is 29.8 Å². The number of nitrogens with one attached hydrogen (secondary N) is 1. The van der Waals surface area contributed by atoms with Crippen molar-refractivity contribution in [3.05, 3.63) is 110 Å². The van der Waals surface area contributed by atoms with Crippen LogP contribution < -0.4 is 16.6 Å². The molecular weight excluding hydrogens is 421 g/mol. The first kappa shape index (κ1) is 22.2. The van der Waals surface area contributed by atoms with Crippen LogP contribution in [-0.4, -0.2) is 15.0 Å². The lowest BCUT2D eigenvalue weighted by Crippen LogP contribution is -2.41. The Labute approximate surface area is 189 Å². The van der Waals surface area contributed by atoms with Crippen molar-refractivity contribution >= 4 is 16.8 Å². The molecule has 4 aromatic rings. The topological polar surface area (TPSA) is 73.1 Å². The van der Waals surface area contributed by atoms with Crippen molar-refractivity contribution in [2.45, 2.75) is 33.9 Å². The van der Waals surface area contributed by atoms with Crippen molar-refractivity contribution in [3.8, 4) is 5.69 Å². The third-order valence-corrected chi connectivity index (χ3v) is 5.75. The molecule has 0 unspecified atom stereocenters. The molecule has 0 spiro atoms. The Hall–Kier alpha value is -4.00. The number of rotatable bonds is 5. The number of nitrogens with zero attached hydrogens (tertiary/aromatic N) is 2. The average Bonchev–Trinajstić information content (AvgIpc) is 2.79. The van der Waals surface area contributed by atoms with Crippen LogP contribution in [0.5, 0.6) is 0 Å². The minimum atomic E-state index is -0.587. The minimum Gasteiger partial charge on any atom is -0.350 e. The zero-order chi connectivity index (χ0) is 23.7. The quantitative estimate of drug-likeness (QED) is 0.511. The van der Waals surface area contributed by atoms with Crippen molar-refractivity contribution in [1.82, 2.24) is 14.5 Å². The Balaban J connectivity index is 1.77. The Morgan fingerprint density at radius 1 is 0.909 bits per heavy atom. The van der Waals surface area contributed by atoms with Crippen LogP contribution in [0.3, 0.4) is 0 Å². The zero-order valence-electron chi connectivity index (χ0n) is 18.7. The van der Waals surface area contributed by atoms with Gasteiger partial charge in [0.25, 0.3) is 5.56 Å². The van der Waals surface area contributed by atoms with E-state index in [4.69, 9.17) is 0 Å². The molecule has 1 amide bonds. The lowest BCUT2D eigenvalue weighted by molar-refractivity contribution is -0.121. The maximum atomic E-state index is 13.4. The number of carbonyl (C=O) groups is 1. The van der Waals surface area contributed by atoms with Crippen molar-refractivity contribution in [1.29, 1.82) is 0 Å². The van der Waals surface area contributed by atoms with Gasteiger partial charge in [-0.2, -0.15) is 0 Å². The monoisotopic (exact) mass is 445 g/mol. The van der Waals surface area contributed by atoms with Crippen LogP contribution in [0.4, 0.5) is 4.39 Å². The van der Waals surface area contributed by atoms with Gasteiger partial charge in [0.1, 0.15) is 12.4 Å². The van der Waals surface area contributed by atoms with Crippen LogP contribution >= 0.6 is 0 Å². The molecule has 3 aromatic carbocycles. The van der Waals surface area contributed by atoms with Gasteiger partial charge in [-0.25, -0.2) is 13.8 Å². The molecule has 0 bridgehead atoms. The summed E-state index contributed by atoms with van der Waals surface area (Å²) in [4.78, 5) is 39.4. The molecule has 1 aromatic heterocycles.